The molecule has 0 saturated carbocycles. The van der Waals surface area contributed by atoms with Crippen molar-refractivity contribution in [2.24, 2.45) is 0 Å². The lowest BCUT2D eigenvalue weighted by atomic mass is 10.0. The van der Waals surface area contributed by atoms with E-state index in [9.17, 15) is 18.0 Å². The third-order valence-corrected chi connectivity index (χ3v) is 3.84. The fourth-order valence-electron chi connectivity index (χ4n) is 1.75. The number of carboxylic acid groups (broad SMARTS) is 1. The predicted molar refractivity (Wildman–Crippen MR) is 71.8 cm³/mol. The summed E-state index contributed by atoms with van der Waals surface area (Å²) < 4.78 is 28.4. The summed E-state index contributed by atoms with van der Waals surface area (Å²) >= 11 is 0. The highest BCUT2D eigenvalue weighted by atomic mass is 32.2. The Hall–Kier alpha value is -1.89. The van der Waals surface area contributed by atoms with Crippen molar-refractivity contribution in [1.82, 2.24) is 0 Å². The number of rotatable bonds is 5. The van der Waals surface area contributed by atoms with Gasteiger partial charge in [0.05, 0.1) is 22.6 Å². The van der Waals surface area contributed by atoms with Crippen molar-refractivity contribution in [2.75, 3.05) is 12.9 Å². The second kappa shape index (κ2) is 6.04. The lowest BCUT2D eigenvalue weighted by molar-refractivity contribution is 0.0499. The molecule has 0 atom stereocenters. The number of esters is 1. The van der Waals surface area contributed by atoms with E-state index in [4.69, 9.17) is 9.84 Å². The van der Waals surface area contributed by atoms with Gasteiger partial charge in [-0.25, -0.2) is 18.0 Å². The minimum atomic E-state index is -3.66. The Morgan fingerprint density at radius 3 is 2.35 bits per heavy atom. The van der Waals surface area contributed by atoms with Crippen LogP contribution in [0.5, 0.6) is 0 Å². The van der Waals surface area contributed by atoms with E-state index in [2.05, 4.69) is 0 Å². The number of hydrogen-bond donors (Lipinski definition) is 1. The van der Waals surface area contributed by atoms with Crippen molar-refractivity contribution in [3.8, 4) is 0 Å². The normalized spacial score (nSPS) is 11.2. The largest absolute Gasteiger partial charge is 0.478 e. The molecule has 0 aliphatic heterocycles. The van der Waals surface area contributed by atoms with Gasteiger partial charge in [-0.05, 0) is 31.0 Å². The van der Waals surface area contributed by atoms with Crippen LogP contribution >= 0.6 is 0 Å². The molecule has 0 radical (unpaired) electrons. The minimum absolute atomic E-state index is 0.0847. The van der Waals surface area contributed by atoms with Crippen molar-refractivity contribution in [1.29, 1.82) is 0 Å². The van der Waals surface area contributed by atoms with Crippen LogP contribution in [0.4, 0.5) is 0 Å². The van der Waals surface area contributed by atoms with Crippen LogP contribution in [0.25, 0.3) is 0 Å². The van der Waals surface area contributed by atoms with Crippen molar-refractivity contribution in [3.63, 3.8) is 0 Å². The van der Waals surface area contributed by atoms with E-state index in [0.29, 0.717) is 6.42 Å². The molecule has 0 saturated heterocycles. The molecule has 0 spiro atoms. The molecule has 20 heavy (non-hydrogen) atoms. The first-order valence-electron chi connectivity index (χ1n) is 5.94. The van der Waals surface area contributed by atoms with Crippen LogP contribution in [-0.4, -0.2) is 38.3 Å². The number of sulfone groups is 1. The standard InChI is InChI=1S/C13H16O6S/c1-4-7-19-13(16)11-8(2)9(12(14)15)5-6-10(11)20(3,17)18/h5-6H,4,7H2,1-3H3,(H,14,15). The highest BCUT2D eigenvalue weighted by Gasteiger charge is 2.25. The molecule has 0 fully saturated rings. The summed E-state index contributed by atoms with van der Waals surface area (Å²) in [4.78, 5) is 22.8. The Morgan fingerprint density at radius 1 is 1.30 bits per heavy atom. The second-order valence-corrected chi connectivity index (χ2v) is 6.31. The van der Waals surface area contributed by atoms with Crippen LogP contribution in [0.3, 0.4) is 0 Å². The van der Waals surface area contributed by atoms with Crippen molar-refractivity contribution >= 4 is 21.8 Å². The monoisotopic (exact) mass is 300 g/mol. The van der Waals surface area contributed by atoms with Gasteiger partial charge in [-0.2, -0.15) is 0 Å². The summed E-state index contributed by atoms with van der Waals surface area (Å²) in [5.74, 6) is -2.06. The van der Waals surface area contributed by atoms with Crippen LogP contribution in [0, 0.1) is 6.92 Å². The molecule has 1 aromatic carbocycles. The summed E-state index contributed by atoms with van der Waals surface area (Å²) in [5.41, 5.74) is -0.247. The average molecular weight is 300 g/mol. The van der Waals surface area contributed by atoms with Gasteiger partial charge in [0.15, 0.2) is 9.84 Å². The smallest absolute Gasteiger partial charge is 0.339 e. The topological polar surface area (TPSA) is 97.7 Å². The van der Waals surface area contributed by atoms with Gasteiger partial charge in [-0.3, -0.25) is 0 Å². The third kappa shape index (κ3) is 3.36. The zero-order valence-electron chi connectivity index (χ0n) is 11.5. The van der Waals surface area contributed by atoms with Gasteiger partial charge in [0, 0.05) is 6.26 Å². The fraction of sp³-hybridized carbons (Fsp3) is 0.385. The van der Waals surface area contributed by atoms with Gasteiger partial charge < -0.3 is 9.84 Å². The van der Waals surface area contributed by atoms with Crippen LogP contribution in [0.15, 0.2) is 17.0 Å². The molecule has 1 rings (SSSR count). The van der Waals surface area contributed by atoms with Gasteiger partial charge in [0.2, 0.25) is 0 Å². The summed E-state index contributed by atoms with van der Waals surface area (Å²) in [6.07, 6.45) is 1.54. The molecule has 0 unspecified atom stereocenters. The maximum absolute atomic E-state index is 12.0. The first kappa shape index (κ1) is 16.2. The maximum Gasteiger partial charge on any atom is 0.339 e. The zero-order valence-corrected chi connectivity index (χ0v) is 12.3. The quantitative estimate of drug-likeness (QED) is 0.830. The highest BCUT2D eigenvalue weighted by molar-refractivity contribution is 7.90. The van der Waals surface area contributed by atoms with Crippen LogP contribution < -0.4 is 0 Å². The molecule has 1 N–H and O–H groups in total. The van der Waals surface area contributed by atoms with Gasteiger partial charge in [-0.1, -0.05) is 6.92 Å². The van der Waals surface area contributed by atoms with Crippen LogP contribution in [-0.2, 0) is 14.6 Å². The lowest BCUT2D eigenvalue weighted by Gasteiger charge is -2.12. The number of ether oxygens (including phenoxy) is 1. The van der Waals surface area contributed by atoms with Gasteiger partial charge in [-0.15, -0.1) is 0 Å². The number of carbonyl (C=O) groups is 2. The number of hydrogen-bond acceptors (Lipinski definition) is 5. The summed E-state index contributed by atoms with van der Waals surface area (Å²) in [6.45, 7) is 3.32. The van der Waals surface area contributed by atoms with E-state index in [-0.39, 0.29) is 28.2 Å². The number of aromatic carboxylic acids is 1. The van der Waals surface area contributed by atoms with Crippen molar-refractivity contribution in [3.05, 3.63) is 28.8 Å². The Bertz CT molecular complexity index is 645. The summed E-state index contributed by atoms with van der Waals surface area (Å²) in [6, 6.07) is 2.29. The molecule has 0 bridgehead atoms. The van der Waals surface area contributed by atoms with Crippen LogP contribution in [0.2, 0.25) is 0 Å². The van der Waals surface area contributed by atoms with E-state index < -0.39 is 21.8 Å². The van der Waals surface area contributed by atoms with Crippen molar-refractivity contribution < 1.29 is 27.9 Å². The fourth-order valence-corrected chi connectivity index (χ4v) is 2.67. The number of benzene rings is 1. The average Bonchev–Trinajstić information content (AvgIpc) is 2.33. The van der Waals surface area contributed by atoms with E-state index >= 15 is 0 Å². The van der Waals surface area contributed by atoms with Crippen molar-refractivity contribution in [2.45, 2.75) is 25.2 Å². The Kier molecular flexibility index (Phi) is 4.88. The molecular weight excluding hydrogens is 284 g/mol. The Balaban J connectivity index is 3.53. The Labute approximate surface area is 117 Å². The molecular formula is C13H16O6S. The van der Waals surface area contributed by atoms with E-state index in [1.165, 1.54) is 13.0 Å². The predicted octanol–water partition coefficient (Wildman–Crippen LogP) is 1.66. The summed E-state index contributed by atoms with van der Waals surface area (Å²) in [7, 11) is -3.66. The molecule has 1 aromatic rings. The van der Waals surface area contributed by atoms with E-state index in [0.717, 1.165) is 12.3 Å². The molecule has 0 aliphatic carbocycles. The Morgan fingerprint density at radius 2 is 1.90 bits per heavy atom. The molecule has 0 aromatic heterocycles. The van der Waals surface area contributed by atoms with Gasteiger partial charge in [0.25, 0.3) is 0 Å². The first-order chi connectivity index (χ1) is 9.20. The second-order valence-electron chi connectivity index (χ2n) is 4.32. The van der Waals surface area contributed by atoms with E-state index in [1.54, 1.807) is 6.92 Å². The first-order valence-corrected chi connectivity index (χ1v) is 7.83. The summed E-state index contributed by atoms with van der Waals surface area (Å²) in [5, 5.41) is 9.04. The SMILES string of the molecule is CCCOC(=O)c1c(S(C)(=O)=O)ccc(C(=O)O)c1C. The molecule has 7 heteroatoms. The highest BCUT2D eigenvalue weighted by Crippen LogP contribution is 2.24. The van der Waals surface area contributed by atoms with Crippen LogP contribution in [0.1, 0.15) is 39.6 Å². The molecule has 6 nitrogen and oxygen atoms in total. The van der Waals surface area contributed by atoms with Gasteiger partial charge >= 0.3 is 11.9 Å². The molecule has 0 amide bonds. The zero-order chi connectivity index (χ0) is 15.5. The number of carbonyl (C=O) groups excluding carboxylic acids is 1. The molecule has 0 heterocycles. The lowest BCUT2D eigenvalue weighted by Crippen LogP contribution is -2.16. The minimum Gasteiger partial charge on any atom is -0.478 e. The maximum atomic E-state index is 12.0. The third-order valence-electron chi connectivity index (χ3n) is 2.70. The van der Waals surface area contributed by atoms with Gasteiger partial charge in [0.1, 0.15) is 0 Å². The molecule has 110 valence electrons. The number of carboxylic acids is 1. The molecule has 0 aliphatic rings. The van der Waals surface area contributed by atoms with E-state index in [1.807, 2.05) is 0 Å².